The molecule has 1 heterocycles. The summed E-state index contributed by atoms with van der Waals surface area (Å²) < 4.78 is 86.8. The van der Waals surface area contributed by atoms with E-state index in [1.807, 2.05) is 0 Å². The molecule has 0 unspecified atom stereocenters. The van der Waals surface area contributed by atoms with Gasteiger partial charge in [0.1, 0.15) is 17.1 Å². The molecule has 1 saturated carbocycles. The quantitative estimate of drug-likeness (QED) is 0.300. The summed E-state index contributed by atoms with van der Waals surface area (Å²) in [5, 5.41) is 3.14. The summed E-state index contributed by atoms with van der Waals surface area (Å²) in [7, 11) is 1.07. The average molecular weight is 482 g/mol. The first kappa shape index (κ1) is 24.1. The van der Waals surface area contributed by atoms with Gasteiger partial charge in [0.05, 0.1) is 24.6 Å². The van der Waals surface area contributed by atoms with Crippen molar-refractivity contribution < 1.29 is 35.9 Å². The van der Waals surface area contributed by atoms with Crippen molar-refractivity contribution in [2.45, 2.75) is 44.3 Å². The van der Waals surface area contributed by atoms with Gasteiger partial charge in [0.2, 0.25) is 5.92 Å². The molecule has 1 aromatic carbocycles. The number of nitrogens with zero attached hydrogens (tertiary/aromatic N) is 3. The second-order valence-electron chi connectivity index (χ2n) is 7.44. The van der Waals surface area contributed by atoms with Crippen molar-refractivity contribution in [3.8, 4) is 0 Å². The maximum atomic E-state index is 14.1. The van der Waals surface area contributed by atoms with Crippen LogP contribution in [0.25, 0.3) is 0 Å². The number of halogens is 7. The number of rotatable bonds is 5. The van der Waals surface area contributed by atoms with Gasteiger partial charge in [0.15, 0.2) is 5.17 Å². The summed E-state index contributed by atoms with van der Waals surface area (Å²) >= 11 is 6.10. The number of benzene rings is 1. The molecular weight excluding hydrogens is 464 g/mol. The van der Waals surface area contributed by atoms with E-state index in [-0.39, 0.29) is 49.4 Å². The first-order valence-corrected chi connectivity index (χ1v) is 9.92. The van der Waals surface area contributed by atoms with Gasteiger partial charge < -0.3 is 4.74 Å². The Kier molecular flexibility index (Phi) is 6.87. The smallest absolute Gasteiger partial charge is 0.420 e. The van der Waals surface area contributed by atoms with Crippen LogP contribution in [-0.4, -0.2) is 34.0 Å². The van der Waals surface area contributed by atoms with Crippen LogP contribution in [0, 0.1) is 11.7 Å². The molecule has 12 heteroatoms. The van der Waals surface area contributed by atoms with E-state index in [0.29, 0.717) is 6.20 Å². The van der Waals surface area contributed by atoms with Crippen LogP contribution in [0.5, 0.6) is 0 Å². The lowest BCUT2D eigenvalue weighted by Gasteiger charge is -2.28. The molecule has 2 aromatic rings. The molecular formula is C20H18ClF6N3O2. The van der Waals surface area contributed by atoms with Crippen LogP contribution in [-0.2, 0) is 17.5 Å². The highest BCUT2D eigenvalue weighted by Crippen LogP contribution is 2.38. The monoisotopic (exact) mass is 481 g/mol. The number of hydrogen-bond acceptors (Lipinski definition) is 4. The molecule has 0 aliphatic heterocycles. The zero-order valence-corrected chi connectivity index (χ0v) is 17.5. The van der Waals surface area contributed by atoms with Gasteiger partial charge in [-0.25, -0.2) is 23.0 Å². The highest BCUT2D eigenvalue weighted by molar-refractivity contribution is 6.69. The van der Waals surface area contributed by atoms with Crippen LogP contribution < -0.4 is 0 Å². The first-order valence-electron chi connectivity index (χ1n) is 9.54. The molecule has 1 aromatic heterocycles. The van der Waals surface area contributed by atoms with Gasteiger partial charge in [-0.3, -0.25) is 4.68 Å². The number of ether oxygens (including phenoxy) is 1. The summed E-state index contributed by atoms with van der Waals surface area (Å²) in [4.78, 5) is 15.3. The minimum atomic E-state index is -4.80. The zero-order chi connectivity index (χ0) is 23.7. The van der Waals surface area contributed by atoms with Gasteiger partial charge in [-0.2, -0.15) is 18.3 Å². The van der Waals surface area contributed by atoms with Gasteiger partial charge in [0.25, 0.3) is 0 Å². The predicted octanol–water partition coefficient (Wildman–Crippen LogP) is 5.97. The predicted molar refractivity (Wildman–Crippen MR) is 104 cm³/mol. The van der Waals surface area contributed by atoms with Crippen LogP contribution in [0.4, 0.5) is 32.0 Å². The number of aromatic nitrogens is 2. The number of alkyl halides is 5. The number of carbonyl (C=O) groups is 1. The van der Waals surface area contributed by atoms with E-state index in [1.54, 1.807) is 0 Å². The highest BCUT2D eigenvalue weighted by atomic mass is 35.5. The van der Waals surface area contributed by atoms with E-state index in [2.05, 4.69) is 14.8 Å². The first-order chi connectivity index (χ1) is 14.9. The number of methoxy groups -OCH3 is 1. The lowest BCUT2D eigenvalue weighted by molar-refractivity contribution is -0.137. The molecule has 0 saturated heterocycles. The average Bonchev–Trinajstić information content (AvgIpc) is 3.13. The largest absolute Gasteiger partial charge is 0.465 e. The Hall–Kier alpha value is -2.56. The van der Waals surface area contributed by atoms with E-state index in [9.17, 15) is 31.1 Å². The van der Waals surface area contributed by atoms with Crippen LogP contribution in [0.2, 0.25) is 0 Å². The lowest BCUT2D eigenvalue weighted by Crippen LogP contribution is -2.28. The molecule has 0 radical (unpaired) electrons. The van der Waals surface area contributed by atoms with Crippen molar-refractivity contribution in [2.24, 2.45) is 10.9 Å². The van der Waals surface area contributed by atoms with Crippen LogP contribution in [0.1, 0.15) is 47.3 Å². The number of hydrogen-bond donors (Lipinski definition) is 0. The Morgan fingerprint density at radius 3 is 2.53 bits per heavy atom. The highest BCUT2D eigenvalue weighted by Gasteiger charge is 2.39. The fourth-order valence-electron chi connectivity index (χ4n) is 3.49. The standard InChI is InChI=1S/C20H18ClF6N3O2/c1-32-18(31)13-3-2-12(8-15(13)22)29-17(21)16-14(20(25,26)27)9-28-30(16)10-11-4-6-19(23,24)7-5-11/h2-3,8-9,11H,4-7,10H2,1H3/b29-17-. The zero-order valence-electron chi connectivity index (χ0n) is 16.7. The van der Waals surface area contributed by atoms with Crippen molar-refractivity contribution in [1.82, 2.24) is 9.78 Å². The summed E-state index contributed by atoms with van der Waals surface area (Å²) in [6, 6.07) is 3.08. The Balaban J connectivity index is 1.93. The molecule has 1 aliphatic rings. The van der Waals surface area contributed by atoms with Gasteiger partial charge in [-0.1, -0.05) is 11.6 Å². The van der Waals surface area contributed by atoms with Crippen molar-refractivity contribution in [3.05, 3.63) is 47.0 Å². The van der Waals surface area contributed by atoms with E-state index in [4.69, 9.17) is 11.6 Å². The molecule has 0 amide bonds. The van der Waals surface area contributed by atoms with Crippen LogP contribution in [0.15, 0.2) is 29.4 Å². The Bertz CT molecular complexity index is 1020. The fourth-order valence-corrected chi connectivity index (χ4v) is 3.79. The van der Waals surface area contributed by atoms with Gasteiger partial charge in [-0.05, 0) is 30.9 Å². The minimum absolute atomic E-state index is 0.0527. The number of esters is 1. The summed E-state index contributed by atoms with van der Waals surface area (Å²) in [6.45, 7) is -0.0527. The molecule has 0 bridgehead atoms. The summed E-state index contributed by atoms with van der Waals surface area (Å²) in [5.41, 5.74) is -2.22. The molecule has 3 rings (SSSR count). The minimum Gasteiger partial charge on any atom is -0.465 e. The normalized spacial score (nSPS) is 17.4. The van der Waals surface area contributed by atoms with Crippen LogP contribution >= 0.6 is 11.6 Å². The summed E-state index contributed by atoms with van der Waals surface area (Å²) in [5.74, 6) is -5.01. The fraction of sp³-hybridized carbons (Fsp3) is 0.450. The van der Waals surface area contributed by atoms with Crippen molar-refractivity contribution in [1.29, 1.82) is 0 Å². The SMILES string of the molecule is COC(=O)c1ccc(/N=C(\Cl)c2c(C(F)(F)F)cnn2CC2CCC(F)(F)CC2)cc1F. The van der Waals surface area contributed by atoms with Crippen molar-refractivity contribution in [3.63, 3.8) is 0 Å². The second kappa shape index (κ2) is 9.13. The second-order valence-corrected chi connectivity index (χ2v) is 7.80. The third-order valence-corrected chi connectivity index (χ3v) is 5.46. The third-order valence-electron chi connectivity index (χ3n) is 5.19. The Morgan fingerprint density at radius 2 is 1.97 bits per heavy atom. The van der Waals surface area contributed by atoms with Crippen molar-refractivity contribution in [2.75, 3.05) is 7.11 Å². The van der Waals surface area contributed by atoms with E-state index >= 15 is 0 Å². The molecule has 5 nitrogen and oxygen atoms in total. The maximum Gasteiger partial charge on any atom is 0.420 e. The van der Waals surface area contributed by atoms with Crippen LogP contribution in [0.3, 0.4) is 0 Å². The van der Waals surface area contributed by atoms with Gasteiger partial charge in [0, 0.05) is 25.5 Å². The molecule has 0 N–H and O–H groups in total. The van der Waals surface area contributed by atoms with E-state index in [0.717, 1.165) is 23.9 Å². The molecule has 0 atom stereocenters. The lowest BCUT2D eigenvalue weighted by atomic mass is 9.87. The molecule has 174 valence electrons. The molecule has 1 fully saturated rings. The Morgan fingerprint density at radius 1 is 1.31 bits per heavy atom. The van der Waals surface area contributed by atoms with Gasteiger partial charge in [-0.15, -0.1) is 0 Å². The topological polar surface area (TPSA) is 56.5 Å². The molecule has 32 heavy (non-hydrogen) atoms. The summed E-state index contributed by atoms with van der Waals surface area (Å²) in [6.07, 6.45) is -4.66. The molecule has 1 aliphatic carbocycles. The number of aliphatic imine (C=N–C) groups is 1. The maximum absolute atomic E-state index is 14.1. The third kappa shape index (κ3) is 5.43. The van der Waals surface area contributed by atoms with E-state index < -0.39 is 40.3 Å². The van der Waals surface area contributed by atoms with Gasteiger partial charge >= 0.3 is 12.1 Å². The van der Waals surface area contributed by atoms with Crippen molar-refractivity contribution >= 4 is 28.4 Å². The number of carbonyl (C=O) groups excluding carboxylic acids is 1. The Labute approximate surface area is 184 Å². The van der Waals surface area contributed by atoms with E-state index in [1.165, 1.54) is 6.07 Å². The molecule has 0 spiro atoms.